The molecule has 0 unspecified atom stereocenters. The second-order valence-corrected chi connectivity index (χ2v) is 13.4. The molecule has 50 heavy (non-hydrogen) atoms. The molecule has 9 aromatic rings. The molecule has 0 aromatic heterocycles. The Morgan fingerprint density at radius 2 is 0.980 bits per heavy atom. The molecule has 1 heteroatoms. The Labute approximate surface area is 292 Å². The number of aryl methyl sites for hydroxylation is 1. The van der Waals surface area contributed by atoms with Crippen molar-refractivity contribution in [1.82, 2.24) is 0 Å². The second-order valence-electron chi connectivity index (χ2n) is 13.4. The quantitative estimate of drug-likeness (QED) is 0.198. The molecule has 0 heterocycles. The molecule has 0 amide bonds. The van der Waals surface area contributed by atoms with Gasteiger partial charge < -0.3 is 5.32 Å². The molecule has 0 atom stereocenters. The first-order valence-corrected chi connectivity index (χ1v) is 17.3. The third kappa shape index (κ3) is 4.55. The summed E-state index contributed by atoms with van der Waals surface area (Å²) in [5.41, 5.74) is 16.2. The Morgan fingerprint density at radius 1 is 0.360 bits per heavy atom. The highest BCUT2D eigenvalue weighted by atomic mass is 14.9. The minimum atomic E-state index is 1.08. The number of hydrogen-bond acceptors (Lipinski definition) is 1. The van der Waals surface area contributed by atoms with Gasteiger partial charge in [-0.05, 0) is 131 Å². The van der Waals surface area contributed by atoms with Crippen molar-refractivity contribution in [3.63, 3.8) is 0 Å². The molecule has 1 aliphatic rings. The highest BCUT2D eigenvalue weighted by molar-refractivity contribution is 6.16. The second kappa shape index (κ2) is 11.3. The average Bonchev–Trinajstić information content (AvgIpc) is 3.50. The van der Waals surface area contributed by atoms with Gasteiger partial charge in [-0.3, -0.25) is 0 Å². The van der Waals surface area contributed by atoms with Gasteiger partial charge in [0.15, 0.2) is 0 Å². The fraction of sp³-hybridized carbons (Fsp3) is 0.0204. The summed E-state index contributed by atoms with van der Waals surface area (Å²) in [5, 5.41) is 11.4. The van der Waals surface area contributed by atoms with Gasteiger partial charge in [0, 0.05) is 16.9 Å². The highest BCUT2D eigenvalue weighted by Gasteiger charge is 2.22. The Morgan fingerprint density at radius 3 is 1.82 bits per heavy atom. The summed E-state index contributed by atoms with van der Waals surface area (Å²) in [7, 11) is 0. The van der Waals surface area contributed by atoms with E-state index in [-0.39, 0.29) is 0 Å². The first kappa shape index (κ1) is 28.6. The van der Waals surface area contributed by atoms with E-state index in [9.17, 15) is 0 Å². The lowest BCUT2D eigenvalue weighted by Gasteiger charge is -2.19. The molecule has 0 radical (unpaired) electrons. The molecule has 0 aliphatic heterocycles. The lowest BCUT2D eigenvalue weighted by atomic mass is 9.88. The number of para-hydroxylation sites is 1. The van der Waals surface area contributed by atoms with Crippen molar-refractivity contribution in [3.05, 3.63) is 181 Å². The summed E-state index contributed by atoms with van der Waals surface area (Å²) in [5.74, 6) is 0. The van der Waals surface area contributed by atoms with Gasteiger partial charge in [0.25, 0.3) is 0 Å². The maximum absolute atomic E-state index is 3.75. The van der Waals surface area contributed by atoms with Crippen LogP contribution in [0.5, 0.6) is 0 Å². The third-order valence-corrected chi connectivity index (χ3v) is 10.5. The third-order valence-electron chi connectivity index (χ3n) is 10.5. The van der Waals surface area contributed by atoms with Crippen LogP contribution in [-0.4, -0.2) is 0 Å². The van der Waals surface area contributed by atoms with Gasteiger partial charge in [-0.25, -0.2) is 0 Å². The maximum Gasteiger partial charge on any atom is 0.0470 e. The Bertz CT molecular complexity index is 2770. The van der Waals surface area contributed by atoms with Gasteiger partial charge in [0.05, 0.1) is 0 Å². The van der Waals surface area contributed by atoms with Crippen LogP contribution < -0.4 is 5.32 Å². The van der Waals surface area contributed by atoms with E-state index in [0.717, 1.165) is 11.4 Å². The molecule has 1 N–H and O–H groups in total. The fourth-order valence-corrected chi connectivity index (χ4v) is 8.11. The SMILES string of the molecule is Cc1ccc2ccccc2c1-c1c(Nc2ccccc2)ccc2cc(-c3ccc(-c4cc5c6c(cccc6c4)-c4ccccc4-5)cc3)ccc12. The first-order chi connectivity index (χ1) is 24.7. The molecule has 0 saturated carbocycles. The minimum absolute atomic E-state index is 1.08. The van der Waals surface area contributed by atoms with Gasteiger partial charge in [0.1, 0.15) is 0 Å². The summed E-state index contributed by atoms with van der Waals surface area (Å²) in [6, 6.07) is 64.4. The number of nitrogens with one attached hydrogen (secondary N) is 1. The summed E-state index contributed by atoms with van der Waals surface area (Å²) >= 11 is 0. The van der Waals surface area contributed by atoms with Crippen molar-refractivity contribution in [1.29, 1.82) is 0 Å². The monoisotopic (exact) mass is 635 g/mol. The minimum Gasteiger partial charge on any atom is -0.355 e. The van der Waals surface area contributed by atoms with E-state index in [0.29, 0.717) is 0 Å². The van der Waals surface area contributed by atoms with E-state index in [1.807, 2.05) is 0 Å². The summed E-state index contributed by atoms with van der Waals surface area (Å²) in [6.45, 7) is 2.23. The Balaban J connectivity index is 1.07. The fourth-order valence-electron chi connectivity index (χ4n) is 8.11. The number of benzene rings is 9. The van der Waals surface area contributed by atoms with Gasteiger partial charge in [-0.1, -0.05) is 140 Å². The molecule has 0 saturated heterocycles. The Kier molecular flexibility index (Phi) is 6.47. The summed E-state index contributed by atoms with van der Waals surface area (Å²) in [4.78, 5) is 0. The van der Waals surface area contributed by atoms with E-state index in [1.165, 1.54) is 93.5 Å². The number of hydrogen-bond donors (Lipinski definition) is 1. The number of anilines is 2. The molecule has 1 nitrogen and oxygen atoms in total. The summed E-state index contributed by atoms with van der Waals surface area (Å²) < 4.78 is 0. The number of rotatable bonds is 5. The normalized spacial score (nSPS) is 11.7. The van der Waals surface area contributed by atoms with E-state index in [4.69, 9.17) is 0 Å². The largest absolute Gasteiger partial charge is 0.355 e. The molecule has 1 aliphatic carbocycles. The van der Waals surface area contributed by atoms with Gasteiger partial charge in [-0.2, -0.15) is 0 Å². The van der Waals surface area contributed by atoms with Crippen molar-refractivity contribution >= 4 is 43.7 Å². The molecule has 9 aromatic carbocycles. The predicted molar refractivity (Wildman–Crippen MR) is 214 cm³/mol. The summed E-state index contributed by atoms with van der Waals surface area (Å²) in [6.07, 6.45) is 0. The van der Waals surface area contributed by atoms with Crippen molar-refractivity contribution < 1.29 is 0 Å². The lowest BCUT2D eigenvalue weighted by molar-refractivity contribution is 1.48. The van der Waals surface area contributed by atoms with Crippen LogP contribution in [0.25, 0.3) is 88.0 Å². The van der Waals surface area contributed by atoms with E-state index in [2.05, 4.69) is 188 Å². The van der Waals surface area contributed by atoms with Crippen molar-refractivity contribution in [2.24, 2.45) is 0 Å². The zero-order chi connectivity index (χ0) is 33.2. The van der Waals surface area contributed by atoms with Gasteiger partial charge in [0.2, 0.25) is 0 Å². The van der Waals surface area contributed by atoms with E-state index >= 15 is 0 Å². The molecule has 234 valence electrons. The topological polar surface area (TPSA) is 12.0 Å². The predicted octanol–water partition coefficient (Wildman–Crippen LogP) is 13.8. The van der Waals surface area contributed by atoms with Crippen LogP contribution in [0.3, 0.4) is 0 Å². The van der Waals surface area contributed by atoms with Crippen LogP contribution in [-0.2, 0) is 0 Å². The maximum atomic E-state index is 3.75. The highest BCUT2D eigenvalue weighted by Crippen LogP contribution is 2.49. The van der Waals surface area contributed by atoms with Crippen molar-refractivity contribution in [2.75, 3.05) is 5.32 Å². The molecular formula is C49H33N. The van der Waals surface area contributed by atoms with E-state index in [1.54, 1.807) is 0 Å². The van der Waals surface area contributed by atoms with E-state index < -0.39 is 0 Å². The molecule has 0 bridgehead atoms. The van der Waals surface area contributed by atoms with Crippen molar-refractivity contribution in [3.8, 4) is 55.6 Å². The van der Waals surface area contributed by atoms with Crippen LogP contribution in [0, 0.1) is 6.92 Å². The molecule has 10 rings (SSSR count). The average molecular weight is 636 g/mol. The lowest BCUT2D eigenvalue weighted by Crippen LogP contribution is -1.97. The molecule has 0 spiro atoms. The van der Waals surface area contributed by atoms with Gasteiger partial charge in [-0.15, -0.1) is 0 Å². The van der Waals surface area contributed by atoms with Crippen LogP contribution >= 0.6 is 0 Å². The zero-order valence-electron chi connectivity index (χ0n) is 27.7. The van der Waals surface area contributed by atoms with Crippen molar-refractivity contribution in [2.45, 2.75) is 6.92 Å². The number of fused-ring (bicyclic) bond motifs is 5. The van der Waals surface area contributed by atoms with Crippen LogP contribution in [0.15, 0.2) is 176 Å². The van der Waals surface area contributed by atoms with Crippen LogP contribution in [0.4, 0.5) is 11.4 Å². The van der Waals surface area contributed by atoms with Crippen LogP contribution in [0.2, 0.25) is 0 Å². The Hall–Kier alpha value is -6.44. The smallest absolute Gasteiger partial charge is 0.0470 e. The zero-order valence-corrected chi connectivity index (χ0v) is 27.7. The van der Waals surface area contributed by atoms with Crippen LogP contribution in [0.1, 0.15) is 5.56 Å². The van der Waals surface area contributed by atoms with Gasteiger partial charge >= 0.3 is 0 Å². The first-order valence-electron chi connectivity index (χ1n) is 17.3. The standard InChI is InChI=1S/C49H33N/c1-31-18-19-34-10-5-6-14-40(34)47(31)49-41-26-24-35(28-36(41)25-27-46(49)50-39-12-3-2-4-13-39)32-20-22-33(23-21-32)38-29-37-11-9-17-44-42-15-7-8-16-43(42)45(30-38)48(37)44/h2-30,50H,1H3. The molecular weight excluding hydrogens is 603 g/mol. The molecule has 0 fully saturated rings.